The maximum absolute atomic E-state index is 14.1. The number of nitrogens with two attached hydrogens (primary N) is 1. The Morgan fingerprint density at radius 2 is 1.83 bits per heavy atom. The zero-order chi connectivity index (χ0) is 33.7. The number of primary amides is 1. The maximum Gasteiger partial charge on any atom is 0.319 e. The van der Waals surface area contributed by atoms with E-state index in [4.69, 9.17) is 15.2 Å². The monoisotopic (exact) mass is 637 g/mol. The molecule has 2 saturated carbocycles. The summed E-state index contributed by atoms with van der Waals surface area (Å²) >= 11 is 0. The molecule has 0 aromatic heterocycles. The van der Waals surface area contributed by atoms with E-state index in [0.29, 0.717) is 29.0 Å². The van der Waals surface area contributed by atoms with Gasteiger partial charge in [0, 0.05) is 24.1 Å². The number of benzene rings is 2. The summed E-state index contributed by atoms with van der Waals surface area (Å²) in [4.78, 5) is 67.3. The van der Waals surface area contributed by atoms with Crippen molar-refractivity contribution in [3.8, 4) is 22.6 Å². The number of Topliss-reactive ketones (excluding diaryl/α,β-unsaturated/α-hetero) is 3. The molecule has 2 aromatic rings. The Balaban J connectivity index is 1.57. The highest BCUT2D eigenvalue weighted by atomic mass is 16.5. The van der Waals surface area contributed by atoms with E-state index in [2.05, 4.69) is 5.32 Å². The number of rotatable bonds is 9. The van der Waals surface area contributed by atoms with Crippen LogP contribution in [0.5, 0.6) is 11.5 Å². The second-order valence-electron chi connectivity index (χ2n) is 12.4. The second kappa shape index (κ2) is 12.6. The van der Waals surface area contributed by atoms with Crippen molar-refractivity contribution in [1.29, 1.82) is 0 Å². The number of carbonyl (C=O) groups is 5. The third kappa shape index (κ3) is 5.26. The van der Waals surface area contributed by atoms with Gasteiger partial charge < -0.3 is 40.7 Å². The van der Waals surface area contributed by atoms with E-state index in [1.54, 1.807) is 38.1 Å². The van der Waals surface area contributed by atoms with E-state index in [9.17, 15) is 39.3 Å². The number of amides is 1. The number of ketones is 3. The molecule has 46 heavy (non-hydrogen) atoms. The van der Waals surface area contributed by atoms with Crippen LogP contribution >= 0.6 is 0 Å². The molecule has 5 rings (SSSR count). The van der Waals surface area contributed by atoms with Crippen molar-refractivity contribution < 1.29 is 48.8 Å². The molecule has 0 spiro atoms. The number of aliphatic hydroxyl groups is 2. The minimum absolute atomic E-state index is 0.000729. The van der Waals surface area contributed by atoms with Gasteiger partial charge >= 0.3 is 5.97 Å². The molecule has 0 bridgehead atoms. The summed E-state index contributed by atoms with van der Waals surface area (Å²) in [5, 5.41) is 36.9. The number of phenolic OH excluding ortho intramolecular Hbond substituents is 1. The Bertz CT molecular complexity index is 1610. The van der Waals surface area contributed by atoms with Crippen LogP contribution in [-0.4, -0.2) is 102 Å². The summed E-state index contributed by atoms with van der Waals surface area (Å²) < 4.78 is 10.6. The van der Waals surface area contributed by atoms with Crippen molar-refractivity contribution in [2.75, 3.05) is 34.4 Å². The summed E-state index contributed by atoms with van der Waals surface area (Å²) in [5.74, 6) is -9.59. The first-order valence-electron chi connectivity index (χ1n) is 15.1. The van der Waals surface area contributed by atoms with Gasteiger partial charge in [-0.3, -0.25) is 24.0 Å². The van der Waals surface area contributed by atoms with Crippen LogP contribution in [0.4, 0.5) is 0 Å². The lowest BCUT2D eigenvalue weighted by Gasteiger charge is -2.54. The summed E-state index contributed by atoms with van der Waals surface area (Å²) in [6, 6.07) is 7.41. The summed E-state index contributed by atoms with van der Waals surface area (Å²) in [7, 11) is 4.69. The molecule has 1 amide bonds. The molecule has 6 N–H and O–H groups in total. The molecule has 3 aliphatic rings. The first-order chi connectivity index (χ1) is 21.8. The molecule has 3 aliphatic carbocycles. The molecule has 13 heteroatoms. The van der Waals surface area contributed by atoms with Gasteiger partial charge in [-0.1, -0.05) is 12.1 Å². The lowest BCUT2D eigenvalue weighted by molar-refractivity contribution is -0.190. The van der Waals surface area contributed by atoms with Gasteiger partial charge in [-0.15, -0.1) is 0 Å². The van der Waals surface area contributed by atoms with Gasteiger partial charge in [0.1, 0.15) is 17.4 Å². The van der Waals surface area contributed by atoms with Crippen LogP contribution in [0.25, 0.3) is 11.1 Å². The van der Waals surface area contributed by atoms with E-state index < -0.39 is 64.7 Å². The molecular formula is C33H39N3O10. The first-order valence-corrected chi connectivity index (χ1v) is 15.1. The zero-order valence-corrected chi connectivity index (χ0v) is 26.1. The summed E-state index contributed by atoms with van der Waals surface area (Å²) in [5.41, 5.74) is 5.07. The average Bonchev–Trinajstić information content (AvgIpc) is 2.99. The van der Waals surface area contributed by atoms with Crippen molar-refractivity contribution in [3.63, 3.8) is 0 Å². The van der Waals surface area contributed by atoms with Gasteiger partial charge in [-0.25, -0.2) is 0 Å². The van der Waals surface area contributed by atoms with Crippen LogP contribution in [0.3, 0.4) is 0 Å². The highest BCUT2D eigenvalue weighted by molar-refractivity contribution is 6.25. The topological polar surface area (TPSA) is 206 Å². The number of aliphatic hydroxyl groups excluding tert-OH is 1. The molecule has 2 aromatic carbocycles. The number of likely N-dealkylation sites (N-methyl/N-ethyl adjacent to an activating group) is 1. The van der Waals surface area contributed by atoms with Crippen molar-refractivity contribution in [2.24, 2.45) is 29.4 Å². The van der Waals surface area contributed by atoms with E-state index in [0.717, 1.165) is 5.56 Å². The molecule has 0 aliphatic heterocycles. The summed E-state index contributed by atoms with van der Waals surface area (Å²) in [6.07, 6.45) is -1.45. The number of esters is 1. The smallest absolute Gasteiger partial charge is 0.319 e. The summed E-state index contributed by atoms with van der Waals surface area (Å²) in [6.45, 7) is 2.32. The van der Waals surface area contributed by atoms with Crippen molar-refractivity contribution in [1.82, 2.24) is 10.2 Å². The van der Waals surface area contributed by atoms with Crippen LogP contribution in [0.15, 0.2) is 30.3 Å². The third-order valence-corrected chi connectivity index (χ3v) is 9.63. The molecule has 2 fully saturated rings. The standard InChI is InChI=1S/C33H39N3O10/c1-5-46-23(38)14-35-13-15-6-9-22(45-4)18(10-15)17-7-8-21(37)25-19(17)11-16-12-20-27(36(2)3)29(40)26(32(34)43)31(42)33(20,44)30(41)24(16)28(25)39/h6-10,16,20,24,26-27,29,35,37,40,44H,5,11-14H2,1-4H3,(H2,34,43)/t16-,20-,24?,26?,27-,29?,33-/m1/s1. The van der Waals surface area contributed by atoms with Crippen LogP contribution < -0.4 is 15.8 Å². The lowest BCUT2D eigenvalue weighted by Crippen LogP contribution is -2.75. The fourth-order valence-electron chi connectivity index (χ4n) is 7.67. The number of aromatic hydroxyl groups is 1. The quantitative estimate of drug-likeness (QED) is 0.182. The number of methoxy groups -OCH3 is 1. The molecule has 3 unspecified atom stereocenters. The predicted molar refractivity (Wildman–Crippen MR) is 163 cm³/mol. The van der Waals surface area contributed by atoms with Gasteiger partial charge in [0.05, 0.1) is 37.8 Å². The normalized spacial score (nSPS) is 28.7. The molecule has 0 heterocycles. The number of fused-ring (bicyclic) bond motifs is 3. The molecule has 7 atom stereocenters. The van der Waals surface area contributed by atoms with Crippen molar-refractivity contribution in [3.05, 3.63) is 47.0 Å². The van der Waals surface area contributed by atoms with E-state index >= 15 is 0 Å². The number of nitrogens with zero attached hydrogens (tertiary/aromatic N) is 1. The Kier molecular flexibility index (Phi) is 9.06. The van der Waals surface area contributed by atoms with Crippen molar-refractivity contribution in [2.45, 2.75) is 44.1 Å². The number of ether oxygens (including phenoxy) is 2. The maximum atomic E-state index is 14.1. The third-order valence-electron chi connectivity index (χ3n) is 9.63. The van der Waals surface area contributed by atoms with Gasteiger partial charge in [0.25, 0.3) is 0 Å². The largest absolute Gasteiger partial charge is 0.507 e. The van der Waals surface area contributed by atoms with E-state index in [1.807, 2.05) is 12.1 Å². The molecule has 246 valence electrons. The van der Waals surface area contributed by atoms with Gasteiger partial charge in [0.2, 0.25) is 5.91 Å². The molecular weight excluding hydrogens is 598 g/mol. The fraction of sp³-hybridized carbons (Fsp3) is 0.485. The Hall–Kier alpha value is -4.17. The van der Waals surface area contributed by atoms with Crippen molar-refractivity contribution >= 4 is 29.2 Å². The average molecular weight is 638 g/mol. The number of nitrogens with one attached hydrogen (secondary N) is 1. The van der Waals surface area contributed by atoms with E-state index in [-0.39, 0.29) is 43.3 Å². The Labute approximate surface area is 265 Å². The highest BCUT2D eigenvalue weighted by Crippen LogP contribution is 2.52. The predicted octanol–water partition coefficient (Wildman–Crippen LogP) is -0.0129. The van der Waals surface area contributed by atoms with Crippen LogP contribution in [0.1, 0.15) is 34.8 Å². The van der Waals surface area contributed by atoms with Gasteiger partial charge in [-0.05, 0) is 74.7 Å². The second-order valence-corrected chi connectivity index (χ2v) is 12.4. The number of hydrogen-bond donors (Lipinski definition) is 5. The molecule has 13 nitrogen and oxygen atoms in total. The Morgan fingerprint density at radius 1 is 1.11 bits per heavy atom. The van der Waals surface area contributed by atoms with Crippen LogP contribution in [0.2, 0.25) is 0 Å². The van der Waals surface area contributed by atoms with Gasteiger partial charge in [-0.2, -0.15) is 0 Å². The number of hydrogen-bond acceptors (Lipinski definition) is 12. The van der Waals surface area contributed by atoms with Crippen LogP contribution in [-0.2, 0) is 36.9 Å². The minimum Gasteiger partial charge on any atom is -0.507 e. The lowest BCUT2D eigenvalue weighted by atomic mass is 9.52. The molecule has 0 saturated heterocycles. The highest BCUT2D eigenvalue weighted by Gasteiger charge is 2.69. The zero-order valence-electron chi connectivity index (χ0n) is 26.1. The Morgan fingerprint density at radius 3 is 2.46 bits per heavy atom. The van der Waals surface area contributed by atoms with Crippen LogP contribution in [0, 0.1) is 23.7 Å². The fourth-order valence-corrected chi connectivity index (χ4v) is 7.67. The molecule has 0 radical (unpaired) electrons. The van der Waals surface area contributed by atoms with Gasteiger partial charge in [0.15, 0.2) is 23.0 Å². The SMILES string of the molecule is CCOC(=O)CNCc1ccc(OC)c(-c2ccc(O)c3c2C[C@@H]2C[C@@H]4[C@@H](N(C)C)C(O)C(C(N)=O)C(=O)[C@]4(O)C(=O)C2C3=O)c1. The first kappa shape index (κ1) is 33.2. The minimum atomic E-state index is -2.73. The van der Waals surface area contributed by atoms with E-state index in [1.165, 1.54) is 13.2 Å². The number of phenols is 1. The number of carbonyl (C=O) groups excluding carboxylic acids is 5.